The van der Waals surface area contributed by atoms with Crippen molar-refractivity contribution < 1.29 is 9.59 Å². The topological polar surface area (TPSA) is 74.3 Å². The van der Waals surface area contributed by atoms with Crippen LogP contribution in [0.15, 0.2) is 0 Å². The summed E-state index contributed by atoms with van der Waals surface area (Å²) >= 11 is 1.52. The smallest absolute Gasteiger partial charge is 0.240 e. The second kappa shape index (κ2) is 10.0. The molecule has 26 heavy (non-hydrogen) atoms. The minimum absolute atomic E-state index is 0.0235. The van der Waals surface area contributed by atoms with E-state index in [-0.39, 0.29) is 17.7 Å². The average molecular weight is 381 g/mol. The van der Waals surface area contributed by atoms with Crippen molar-refractivity contribution in [2.24, 2.45) is 5.92 Å². The highest BCUT2D eigenvalue weighted by atomic mass is 32.1. The predicted octanol–water partition coefficient (Wildman–Crippen LogP) is 2.97. The normalized spacial score (nSPS) is 20.8. The van der Waals surface area contributed by atoms with Gasteiger partial charge in [-0.1, -0.05) is 20.3 Å². The van der Waals surface area contributed by atoms with Gasteiger partial charge in [0.15, 0.2) is 5.13 Å². The highest BCUT2D eigenvalue weighted by molar-refractivity contribution is 7.15. The van der Waals surface area contributed by atoms with E-state index < -0.39 is 0 Å². The number of hydrogen-bond donors (Lipinski definition) is 2. The first-order valence-electron chi connectivity index (χ1n) is 9.72. The third kappa shape index (κ3) is 5.77. The van der Waals surface area contributed by atoms with Crippen molar-refractivity contribution in [1.82, 2.24) is 15.2 Å². The molecule has 2 N–H and O–H groups in total. The van der Waals surface area contributed by atoms with E-state index in [9.17, 15) is 9.59 Å². The number of unbranched alkanes of at least 4 members (excludes halogenated alkanes) is 1. The summed E-state index contributed by atoms with van der Waals surface area (Å²) in [4.78, 5) is 32.5. The number of anilines is 1. The lowest BCUT2D eigenvalue weighted by Gasteiger charge is -2.36. The van der Waals surface area contributed by atoms with Gasteiger partial charge in [-0.15, -0.1) is 11.3 Å². The molecule has 146 valence electrons. The minimum Gasteiger partial charge on any atom is -0.356 e. The van der Waals surface area contributed by atoms with E-state index in [0.29, 0.717) is 24.3 Å². The second-order valence-corrected chi connectivity index (χ2v) is 8.32. The number of carbonyl (C=O) groups is 2. The van der Waals surface area contributed by atoms with Crippen molar-refractivity contribution in [2.75, 3.05) is 25.0 Å². The Kier molecular flexibility index (Phi) is 8.03. The minimum atomic E-state index is -0.0553. The summed E-state index contributed by atoms with van der Waals surface area (Å²) in [6.45, 7) is 10.0. The first kappa shape index (κ1) is 20.8. The lowest BCUT2D eigenvalue weighted by Crippen LogP contribution is -2.49. The van der Waals surface area contributed by atoms with Crippen LogP contribution in [0.1, 0.15) is 57.0 Å². The molecule has 1 saturated heterocycles. The molecule has 2 heterocycles. The first-order chi connectivity index (χ1) is 12.4. The van der Waals surface area contributed by atoms with E-state index in [0.717, 1.165) is 49.2 Å². The zero-order chi connectivity index (χ0) is 19.1. The van der Waals surface area contributed by atoms with Crippen LogP contribution < -0.4 is 10.6 Å². The van der Waals surface area contributed by atoms with Gasteiger partial charge in [0.05, 0.1) is 18.2 Å². The molecule has 2 rings (SSSR count). The third-order valence-electron chi connectivity index (χ3n) is 5.03. The number of nitrogens with zero attached hydrogens (tertiary/aromatic N) is 2. The molecule has 6 nitrogen and oxygen atoms in total. The van der Waals surface area contributed by atoms with E-state index in [1.165, 1.54) is 11.3 Å². The standard InChI is InChI=1S/C19H32N4O2S/c1-5-7-10-20-18(25)15-9-8-13(3)23(11-15)12-17(24)22-19-21-16(6-2)14(4)26-19/h13,15H,5-12H2,1-4H3,(H,20,25)(H,21,22,24)/t13-,15+/m1/s1. The molecule has 7 heteroatoms. The van der Waals surface area contributed by atoms with Crippen molar-refractivity contribution in [1.29, 1.82) is 0 Å². The third-order valence-corrected chi connectivity index (χ3v) is 5.96. The SMILES string of the molecule is CCCCNC(=O)[C@H]1CC[C@@H](C)N(CC(=O)Nc2nc(CC)c(C)s2)C1. The number of amides is 2. The molecule has 1 aliphatic heterocycles. The Hall–Kier alpha value is -1.47. The van der Waals surface area contributed by atoms with Gasteiger partial charge in [0.25, 0.3) is 0 Å². The van der Waals surface area contributed by atoms with Crippen LogP contribution in [0.25, 0.3) is 0 Å². The number of thiazole rings is 1. The molecule has 0 bridgehead atoms. The van der Waals surface area contributed by atoms with Crippen molar-refractivity contribution in [3.63, 3.8) is 0 Å². The summed E-state index contributed by atoms with van der Waals surface area (Å²) in [6.07, 6.45) is 4.78. The molecule has 1 aromatic rings. The zero-order valence-corrected chi connectivity index (χ0v) is 17.2. The summed E-state index contributed by atoms with van der Waals surface area (Å²) in [7, 11) is 0. The molecule has 0 saturated carbocycles. The lowest BCUT2D eigenvalue weighted by molar-refractivity contribution is -0.128. The number of likely N-dealkylation sites (tertiary alicyclic amines) is 1. The Balaban J connectivity index is 1.87. The Morgan fingerprint density at radius 3 is 2.73 bits per heavy atom. The van der Waals surface area contributed by atoms with Gasteiger partial charge < -0.3 is 10.6 Å². The number of carbonyl (C=O) groups excluding carboxylic acids is 2. The highest BCUT2D eigenvalue weighted by Crippen LogP contribution is 2.24. The van der Waals surface area contributed by atoms with Crippen LogP contribution >= 0.6 is 11.3 Å². The maximum Gasteiger partial charge on any atom is 0.240 e. The fourth-order valence-corrected chi connectivity index (χ4v) is 4.22. The van der Waals surface area contributed by atoms with Crippen molar-refractivity contribution in [2.45, 2.75) is 65.8 Å². The number of aryl methyl sites for hydroxylation is 2. The zero-order valence-electron chi connectivity index (χ0n) is 16.4. The Labute approximate surface area is 160 Å². The maximum absolute atomic E-state index is 12.4. The van der Waals surface area contributed by atoms with Crippen LogP contribution in [0.4, 0.5) is 5.13 Å². The molecule has 2 atom stereocenters. The van der Waals surface area contributed by atoms with Gasteiger partial charge in [0.2, 0.25) is 11.8 Å². The highest BCUT2D eigenvalue weighted by Gasteiger charge is 2.30. The Bertz CT molecular complexity index is 617. The predicted molar refractivity (Wildman–Crippen MR) is 107 cm³/mol. The summed E-state index contributed by atoms with van der Waals surface area (Å²) in [5.41, 5.74) is 1.04. The summed E-state index contributed by atoms with van der Waals surface area (Å²) in [5.74, 6) is 0.0452. The van der Waals surface area contributed by atoms with Crippen LogP contribution in [-0.4, -0.2) is 47.4 Å². The second-order valence-electron chi connectivity index (χ2n) is 7.12. The number of piperidine rings is 1. The van der Waals surface area contributed by atoms with Crippen LogP contribution in [0, 0.1) is 12.8 Å². The summed E-state index contributed by atoms with van der Waals surface area (Å²) in [5, 5.41) is 6.61. The maximum atomic E-state index is 12.4. The van der Waals surface area contributed by atoms with Gasteiger partial charge in [-0.3, -0.25) is 14.5 Å². The van der Waals surface area contributed by atoms with E-state index >= 15 is 0 Å². The van der Waals surface area contributed by atoms with E-state index in [2.05, 4.69) is 41.3 Å². The molecule has 0 radical (unpaired) electrons. The van der Waals surface area contributed by atoms with Gasteiger partial charge >= 0.3 is 0 Å². The molecule has 1 aromatic heterocycles. The Morgan fingerprint density at radius 2 is 2.08 bits per heavy atom. The molecular weight excluding hydrogens is 348 g/mol. The summed E-state index contributed by atoms with van der Waals surface area (Å²) < 4.78 is 0. The molecule has 0 aliphatic carbocycles. The van der Waals surface area contributed by atoms with Gasteiger partial charge in [0, 0.05) is 24.0 Å². The van der Waals surface area contributed by atoms with Gasteiger partial charge in [-0.05, 0) is 39.5 Å². The van der Waals surface area contributed by atoms with Crippen molar-refractivity contribution in [3.8, 4) is 0 Å². The lowest BCUT2D eigenvalue weighted by atomic mass is 9.92. The summed E-state index contributed by atoms with van der Waals surface area (Å²) in [6, 6.07) is 0.310. The first-order valence-corrected chi connectivity index (χ1v) is 10.5. The average Bonchev–Trinajstić information content (AvgIpc) is 2.96. The fourth-order valence-electron chi connectivity index (χ4n) is 3.30. The van der Waals surface area contributed by atoms with E-state index in [1.54, 1.807) is 0 Å². The molecule has 0 spiro atoms. The quantitative estimate of drug-likeness (QED) is 0.680. The molecule has 1 fully saturated rings. The number of rotatable bonds is 8. The molecular formula is C19H32N4O2S. The number of hydrogen-bond acceptors (Lipinski definition) is 5. The van der Waals surface area contributed by atoms with Crippen molar-refractivity contribution >= 4 is 28.3 Å². The van der Waals surface area contributed by atoms with Crippen LogP contribution in [0.3, 0.4) is 0 Å². The van der Waals surface area contributed by atoms with Gasteiger partial charge in [-0.25, -0.2) is 4.98 Å². The van der Waals surface area contributed by atoms with E-state index in [1.807, 2.05) is 6.92 Å². The molecule has 0 unspecified atom stereocenters. The van der Waals surface area contributed by atoms with Crippen LogP contribution in [0.2, 0.25) is 0 Å². The van der Waals surface area contributed by atoms with Crippen LogP contribution in [-0.2, 0) is 16.0 Å². The van der Waals surface area contributed by atoms with Gasteiger partial charge in [-0.2, -0.15) is 0 Å². The Morgan fingerprint density at radius 1 is 1.31 bits per heavy atom. The number of nitrogens with one attached hydrogen (secondary N) is 2. The number of aromatic nitrogens is 1. The molecule has 1 aliphatic rings. The molecule has 0 aromatic carbocycles. The van der Waals surface area contributed by atoms with Crippen LogP contribution in [0.5, 0.6) is 0 Å². The van der Waals surface area contributed by atoms with Gasteiger partial charge in [0.1, 0.15) is 0 Å². The monoisotopic (exact) mass is 380 g/mol. The molecule has 2 amide bonds. The fraction of sp³-hybridized carbons (Fsp3) is 0.737. The van der Waals surface area contributed by atoms with Crippen molar-refractivity contribution in [3.05, 3.63) is 10.6 Å². The van der Waals surface area contributed by atoms with E-state index in [4.69, 9.17) is 0 Å². The largest absolute Gasteiger partial charge is 0.356 e.